The van der Waals surface area contributed by atoms with Crippen LogP contribution in [0.15, 0.2) is 24.5 Å². The number of alkyl halides is 1. The topological polar surface area (TPSA) is 24.9 Å². The van der Waals surface area contributed by atoms with Gasteiger partial charge in [0.1, 0.15) is 0 Å². The fourth-order valence-electron chi connectivity index (χ4n) is 1.06. The summed E-state index contributed by atoms with van der Waals surface area (Å²) < 4.78 is 0. The molecule has 1 aromatic heterocycles. The second kappa shape index (κ2) is 5.95. The fraction of sp³-hybridized carbons (Fsp3) is 0.500. The summed E-state index contributed by atoms with van der Waals surface area (Å²) >= 11 is 5.63. The van der Waals surface area contributed by atoms with Crippen LogP contribution < -0.4 is 5.32 Å². The summed E-state index contributed by atoms with van der Waals surface area (Å²) in [6, 6.07) is 4.48. The van der Waals surface area contributed by atoms with E-state index in [2.05, 4.69) is 23.3 Å². The molecule has 1 rings (SSSR count). The van der Waals surface area contributed by atoms with Gasteiger partial charge in [0.2, 0.25) is 0 Å². The fourth-order valence-corrected chi connectivity index (χ4v) is 1.39. The van der Waals surface area contributed by atoms with Gasteiger partial charge in [0, 0.05) is 30.9 Å². The predicted octanol–water partition coefficient (Wildman–Crippen LogP) is 2.19. The number of rotatable bonds is 5. The maximum absolute atomic E-state index is 5.63. The van der Waals surface area contributed by atoms with E-state index in [0.29, 0.717) is 11.9 Å². The van der Waals surface area contributed by atoms with Crippen molar-refractivity contribution in [3.63, 3.8) is 0 Å². The van der Waals surface area contributed by atoms with E-state index in [0.717, 1.165) is 13.0 Å². The Morgan fingerprint density at radius 3 is 3.08 bits per heavy atom. The molecular weight excluding hydrogens is 184 g/mol. The van der Waals surface area contributed by atoms with Gasteiger partial charge in [-0.1, -0.05) is 6.07 Å². The van der Waals surface area contributed by atoms with Crippen molar-refractivity contribution < 1.29 is 0 Å². The highest BCUT2D eigenvalue weighted by Gasteiger charge is 1.99. The van der Waals surface area contributed by atoms with Crippen molar-refractivity contribution in [1.29, 1.82) is 0 Å². The SMILES string of the molecule is CC(CCCl)NCc1cccnc1. The van der Waals surface area contributed by atoms with Gasteiger partial charge in [0.15, 0.2) is 0 Å². The smallest absolute Gasteiger partial charge is 0.0312 e. The molecule has 0 amide bonds. The third-order valence-electron chi connectivity index (χ3n) is 1.92. The molecule has 0 fully saturated rings. The summed E-state index contributed by atoms with van der Waals surface area (Å²) in [5.41, 5.74) is 1.21. The van der Waals surface area contributed by atoms with Gasteiger partial charge in [-0.3, -0.25) is 4.98 Å². The zero-order valence-corrected chi connectivity index (χ0v) is 8.59. The molecule has 0 saturated heterocycles. The Hall–Kier alpha value is -0.600. The molecule has 13 heavy (non-hydrogen) atoms. The molecular formula is C10H15ClN2. The van der Waals surface area contributed by atoms with Crippen molar-refractivity contribution >= 4 is 11.6 Å². The van der Waals surface area contributed by atoms with E-state index in [1.165, 1.54) is 5.56 Å². The molecule has 1 heterocycles. The summed E-state index contributed by atoms with van der Waals surface area (Å²) in [5, 5.41) is 3.38. The standard InChI is InChI=1S/C10H15ClN2/c1-9(4-5-11)13-8-10-3-2-6-12-7-10/h2-3,6-7,9,13H,4-5,8H2,1H3. The van der Waals surface area contributed by atoms with Gasteiger partial charge in [0.25, 0.3) is 0 Å². The van der Waals surface area contributed by atoms with Gasteiger partial charge in [0.05, 0.1) is 0 Å². The molecule has 1 aromatic rings. The monoisotopic (exact) mass is 198 g/mol. The van der Waals surface area contributed by atoms with Crippen LogP contribution >= 0.6 is 11.6 Å². The van der Waals surface area contributed by atoms with Gasteiger partial charge >= 0.3 is 0 Å². The Bertz CT molecular complexity index is 226. The zero-order valence-electron chi connectivity index (χ0n) is 7.83. The van der Waals surface area contributed by atoms with Crippen molar-refractivity contribution in [1.82, 2.24) is 10.3 Å². The Balaban J connectivity index is 2.27. The van der Waals surface area contributed by atoms with Crippen molar-refractivity contribution in [2.75, 3.05) is 5.88 Å². The first kappa shape index (κ1) is 10.5. The van der Waals surface area contributed by atoms with Crippen molar-refractivity contribution in [2.24, 2.45) is 0 Å². The first-order valence-electron chi connectivity index (χ1n) is 4.51. The van der Waals surface area contributed by atoms with Crippen LogP contribution in [0.3, 0.4) is 0 Å². The van der Waals surface area contributed by atoms with E-state index < -0.39 is 0 Å². The molecule has 0 aliphatic carbocycles. The summed E-state index contributed by atoms with van der Waals surface area (Å²) in [5.74, 6) is 0.710. The molecule has 72 valence electrons. The molecule has 0 radical (unpaired) electrons. The molecule has 0 aliphatic rings. The number of hydrogen-bond acceptors (Lipinski definition) is 2. The Morgan fingerprint density at radius 2 is 2.46 bits per heavy atom. The molecule has 1 unspecified atom stereocenters. The molecule has 0 aliphatic heterocycles. The van der Waals surface area contributed by atoms with Crippen LogP contribution in [0.25, 0.3) is 0 Å². The van der Waals surface area contributed by atoms with E-state index >= 15 is 0 Å². The number of aromatic nitrogens is 1. The summed E-state index contributed by atoms with van der Waals surface area (Å²) in [4.78, 5) is 4.04. The normalized spacial score (nSPS) is 12.8. The highest BCUT2D eigenvalue weighted by atomic mass is 35.5. The van der Waals surface area contributed by atoms with Crippen molar-refractivity contribution in [2.45, 2.75) is 25.9 Å². The van der Waals surface area contributed by atoms with Crippen molar-refractivity contribution in [3.05, 3.63) is 30.1 Å². The predicted molar refractivity (Wildman–Crippen MR) is 55.9 cm³/mol. The minimum Gasteiger partial charge on any atom is -0.310 e. The van der Waals surface area contributed by atoms with Gasteiger partial charge in [-0.25, -0.2) is 0 Å². The second-order valence-corrected chi connectivity index (χ2v) is 3.50. The maximum atomic E-state index is 5.63. The average molecular weight is 199 g/mol. The van der Waals surface area contributed by atoms with Gasteiger partial charge in [-0.15, -0.1) is 11.6 Å². The van der Waals surface area contributed by atoms with Crippen LogP contribution in [0, 0.1) is 0 Å². The zero-order chi connectivity index (χ0) is 9.52. The maximum Gasteiger partial charge on any atom is 0.0312 e. The molecule has 1 atom stereocenters. The Kier molecular flexibility index (Phi) is 4.79. The molecule has 1 N–H and O–H groups in total. The van der Waals surface area contributed by atoms with Crippen LogP contribution in [0.4, 0.5) is 0 Å². The summed E-state index contributed by atoms with van der Waals surface area (Å²) in [7, 11) is 0. The number of pyridine rings is 1. The lowest BCUT2D eigenvalue weighted by atomic mass is 10.2. The van der Waals surface area contributed by atoms with Crippen molar-refractivity contribution in [3.8, 4) is 0 Å². The lowest BCUT2D eigenvalue weighted by Crippen LogP contribution is -2.25. The molecule has 2 nitrogen and oxygen atoms in total. The lowest BCUT2D eigenvalue weighted by Gasteiger charge is -2.11. The highest BCUT2D eigenvalue weighted by molar-refractivity contribution is 6.17. The summed E-state index contributed by atoms with van der Waals surface area (Å²) in [6.45, 7) is 3.00. The van der Waals surface area contributed by atoms with E-state index in [-0.39, 0.29) is 0 Å². The van der Waals surface area contributed by atoms with E-state index in [4.69, 9.17) is 11.6 Å². The van der Waals surface area contributed by atoms with E-state index in [9.17, 15) is 0 Å². The van der Waals surface area contributed by atoms with Gasteiger partial charge in [-0.05, 0) is 25.0 Å². The van der Waals surface area contributed by atoms with Gasteiger partial charge < -0.3 is 5.32 Å². The van der Waals surface area contributed by atoms with Crippen LogP contribution in [0.1, 0.15) is 18.9 Å². The second-order valence-electron chi connectivity index (χ2n) is 3.12. The number of hydrogen-bond donors (Lipinski definition) is 1. The molecule has 0 saturated carbocycles. The minimum absolute atomic E-state index is 0.470. The largest absolute Gasteiger partial charge is 0.310 e. The van der Waals surface area contributed by atoms with Crippen LogP contribution in [0.5, 0.6) is 0 Å². The number of nitrogens with zero attached hydrogens (tertiary/aromatic N) is 1. The third-order valence-corrected chi connectivity index (χ3v) is 2.14. The van der Waals surface area contributed by atoms with E-state index in [1.54, 1.807) is 6.20 Å². The number of nitrogens with one attached hydrogen (secondary N) is 1. The quantitative estimate of drug-likeness (QED) is 0.734. The highest BCUT2D eigenvalue weighted by Crippen LogP contribution is 1.98. The average Bonchev–Trinajstić information content (AvgIpc) is 2.17. The first-order chi connectivity index (χ1) is 6.33. The molecule has 0 aromatic carbocycles. The molecule has 0 bridgehead atoms. The third kappa shape index (κ3) is 4.25. The minimum atomic E-state index is 0.470. The summed E-state index contributed by atoms with van der Waals surface area (Å²) in [6.07, 6.45) is 4.66. The first-order valence-corrected chi connectivity index (χ1v) is 5.04. The van der Waals surface area contributed by atoms with E-state index in [1.807, 2.05) is 12.3 Å². The molecule has 0 spiro atoms. The lowest BCUT2D eigenvalue weighted by molar-refractivity contribution is 0.536. The van der Waals surface area contributed by atoms with Crippen LogP contribution in [-0.4, -0.2) is 16.9 Å². The number of halogens is 1. The Morgan fingerprint density at radius 1 is 1.62 bits per heavy atom. The Labute approximate surface area is 84.3 Å². The molecule has 3 heteroatoms. The van der Waals surface area contributed by atoms with Crippen LogP contribution in [0.2, 0.25) is 0 Å². The van der Waals surface area contributed by atoms with Gasteiger partial charge in [-0.2, -0.15) is 0 Å². The van der Waals surface area contributed by atoms with Crippen LogP contribution in [-0.2, 0) is 6.54 Å².